The molecule has 3 rings (SSSR count). The molecule has 1 aromatic carbocycles. The lowest BCUT2D eigenvalue weighted by molar-refractivity contribution is 0.345. The van der Waals surface area contributed by atoms with Gasteiger partial charge in [0.25, 0.3) is 0 Å². The van der Waals surface area contributed by atoms with Crippen molar-refractivity contribution in [1.29, 1.82) is 0 Å². The first-order chi connectivity index (χ1) is 11.1. The molecule has 0 bridgehead atoms. The highest BCUT2D eigenvalue weighted by Gasteiger charge is 2.28. The van der Waals surface area contributed by atoms with Gasteiger partial charge in [-0.1, -0.05) is 17.7 Å². The van der Waals surface area contributed by atoms with Gasteiger partial charge in [0, 0.05) is 48.0 Å². The molecule has 25 heavy (non-hydrogen) atoms. The van der Waals surface area contributed by atoms with Crippen LogP contribution in [0.15, 0.2) is 41.6 Å². The molecule has 0 saturated heterocycles. The van der Waals surface area contributed by atoms with Crippen LogP contribution in [0.1, 0.15) is 30.0 Å². The first-order valence-electron chi connectivity index (χ1n) is 8.10. The van der Waals surface area contributed by atoms with Crippen molar-refractivity contribution in [1.82, 2.24) is 9.97 Å². The summed E-state index contributed by atoms with van der Waals surface area (Å²) in [6.07, 6.45) is 3.77. The van der Waals surface area contributed by atoms with Gasteiger partial charge in [0.05, 0.1) is 0 Å². The van der Waals surface area contributed by atoms with Gasteiger partial charge in [0.2, 0.25) is 0 Å². The number of nitrogens with zero attached hydrogens (tertiary/aromatic N) is 3. The van der Waals surface area contributed by atoms with Gasteiger partial charge < -0.3 is 10.6 Å². The molecular formula is C18H26Cl2N4S. The van der Waals surface area contributed by atoms with Gasteiger partial charge in [0.1, 0.15) is 12.1 Å². The van der Waals surface area contributed by atoms with Crippen LogP contribution in [-0.2, 0) is 0 Å². The second kappa shape index (κ2) is 10.2. The standard InChI is InChI=1S/C18H24N4S.2ClH/c1-13-3-5-16(6-4-13)23-8-7-22(2)18-11-17(20-12-21-18)14-9-15(19)10-14;;/h3-6,11-12,14-15H,7-10,19H2,1-2H3;2*1H. The number of nitrogens with two attached hydrogens (primary N) is 1. The highest BCUT2D eigenvalue weighted by Crippen LogP contribution is 2.35. The van der Waals surface area contributed by atoms with Crippen LogP contribution in [0.25, 0.3) is 0 Å². The van der Waals surface area contributed by atoms with Gasteiger partial charge in [-0.3, -0.25) is 0 Å². The molecule has 0 aliphatic heterocycles. The molecule has 4 nitrogen and oxygen atoms in total. The largest absolute Gasteiger partial charge is 0.359 e. The quantitative estimate of drug-likeness (QED) is 0.740. The van der Waals surface area contributed by atoms with E-state index in [4.69, 9.17) is 5.73 Å². The summed E-state index contributed by atoms with van der Waals surface area (Å²) in [7, 11) is 2.09. The first kappa shape index (κ1) is 22.0. The number of halogens is 2. The summed E-state index contributed by atoms with van der Waals surface area (Å²) in [5.41, 5.74) is 8.31. The average Bonchev–Trinajstić information content (AvgIpc) is 2.54. The predicted octanol–water partition coefficient (Wildman–Crippen LogP) is 4.06. The van der Waals surface area contributed by atoms with Gasteiger partial charge in [-0.15, -0.1) is 36.6 Å². The van der Waals surface area contributed by atoms with E-state index in [1.165, 1.54) is 10.5 Å². The van der Waals surface area contributed by atoms with Gasteiger partial charge >= 0.3 is 0 Å². The van der Waals surface area contributed by atoms with Crippen molar-refractivity contribution in [2.45, 2.75) is 36.6 Å². The number of thioether (sulfide) groups is 1. The Morgan fingerprint density at radius 2 is 1.84 bits per heavy atom. The zero-order valence-corrected chi connectivity index (χ0v) is 17.0. The molecule has 1 aromatic heterocycles. The Kier molecular flexibility index (Phi) is 9.00. The third-order valence-electron chi connectivity index (χ3n) is 4.37. The monoisotopic (exact) mass is 400 g/mol. The fourth-order valence-electron chi connectivity index (χ4n) is 2.75. The molecule has 7 heteroatoms. The van der Waals surface area contributed by atoms with E-state index in [2.05, 4.69) is 59.2 Å². The first-order valence-corrected chi connectivity index (χ1v) is 9.08. The zero-order valence-electron chi connectivity index (χ0n) is 14.6. The van der Waals surface area contributed by atoms with Crippen LogP contribution in [0, 0.1) is 6.92 Å². The Morgan fingerprint density at radius 3 is 2.48 bits per heavy atom. The maximum absolute atomic E-state index is 5.88. The normalized spacial score (nSPS) is 18.5. The number of hydrogen-bond donors (Lipinski definition) is 1. The summed E-state index contributed by atoms with van der Waals surface area (Å²) in [5.74, 6) is 2.55. The molecule has 0 radical (unpaired) electrons. The van der Waals surface area contributed by atoms with Crippen molar-refractivity contribution < 1.29 is 0 Å². The van der Waals surface area contributed by atoms with E-state index in [0.29, 0.717) is 12.0 Å². The van der Waals surface area contributed by atoms with Crippen LogP contribution in [0.5, 0.6) is 0 Å². The van der Waals surface area contributed by atoms with E-state index in [0.717, 1.165) is 36.7 Å². The van der Waals surface area contributed by atoms with Crippen molar-refractivity contribution >= 4 is 42.4 Å². The van der Waals surface area contributed by atoms with Gasteiger partial charge in [-0.05, 0) is 31.9 Å². The molecule has 0 unspecified atom stereocenters. The maximum Gasteiger partial charge on any atom is 0.131 e. The molecule has 0 spiro atoms. The summed E-state index contributed by atoms with van der Waals surface area (Å²) >= 11 is 1.88. The van der Waals surface area contributed by atoms with Gasteiger partial charge in [0.15, 0.2) is 0 Å². The molecule has 1 aliphatic carbocycles. The molecule has 0 amide bonds. The Bertz CT molecular complexity index is 648. The van der Waals surface area contributed by atoms with Crippen LogP contribution < -0.4 is 10.6 Å². The minimum atomic E-state index is 0. The van der Waals surface area contributed by atoms with Crippen LogP contribution in [0.2, 0.25) is 0 Å². The molecule has 0 atom stereocenters. The minimum absolute atomic E-state index is 0. The van der Waals surface area contributed by atoms with E-state index < -0.39 is 0 Å². The third kappa shape index (κ3) is 6.03. The molecule has 1 saturated carbocycles. The summed E-state index contributed by atoms with van der Waals surface area (Å²) in [6.45, 7) is 3.07. The lowest BCUT2D eigenvalue weighted by atomic mass is 9.78. The van der Waals surface area contributed by atoms with Crippen molar-refractivity contribution in [3.8, 4) is 0 Å². The number of aryl methyl sites for hydroxylation is 1. The molecule has 138 valence electrons. The SMILES string of the molecule is Cc1ccc(SCCN(C)c2cc(C3CC(N)C3)ncn2)cc1.Cl.Cl. The summed E-state index contributed by atoms with van der Waals surface area (Å²) in [5, 5.41) is 0. The molecule has 1 heterocycles. The Hall–Kier alpha value is -1.01. The van der Waals surface area contributed by atoms with Crippen molar-refractivity contribution in [2.75, 3.05) is 24.2 Å². The zero-order chi connectivity index (χ0) is 16.2. The number of anilines is 1. The topological polar surface area (TPSA) is 55.0 Å². The van der Waals surface area contributed by atoms with Gasteiger partial charge in [-0.25, -0.2) is 9.97 Å². The molecular weight excluding hydrogens is 375 g/mol. The van der Waals surface area contributed by atoms with Crippen LogP contribution in [0.4, 0.5) is 5.82 Å². The lowest BCUT2D eigenvalue weighted by Gasteiger charge is -2.32. The molecule has 1 aliphatic rings. The number of aromatic nitrogens is 2. The Labute approximate surface area is 166 Å². The third-order valence-corrected chi connectivity index (χ3v) is 5.37. The van der Waals surface area contributed by atoms with E-state index in [9.17, 15) is 0 Å². The lowest BCUT2D eigenvalue weighted by Crippen LogP contribution is -2.35. The van der Waals surface area contributed by atoms with Crippen LogP contribution >= 0.6 is 36.6 Å². The predicted molar refractivity (Wildman–Crippen MR) is 112 cm³/mol. The Morgan fingerprint density at radius 1 is 1.16 bits per heavy atom. The maximum atomic E-state index is 5.88. The minimum Gasteiger partial charge on any atom is -0.359 e. The van der Waals surface area contributed by atoms with Crippen LogP contribution in [0.3, 0.4) is 0 Å². The highest BCUT2D eigenvalue weighted by atomic mass is 35.5. The van der Waals surface area contributed by atoms with E-state index in [1.54, 1.807) is 6.33 Å². The number of hydrogen-bond acceptors (Lipinski definition) is 5. The second-order valence-corrected chi connectivity index (χ2v) is 7.48. The van der Waals surface area contributed by atoms with Gasteiger partial charge in [-0.2, -0.15) is 0 Å². The fraction of sp³-hybridized carbons (Fsp3) is 0.444. The van der Waals surface area contributed by atoms with E-state index >= 15 is 0 Å². The van der Waals surface area contributed by atoms with E-state index in [-0.39, 0.29) is 24.8 Å². The second-order valence-electron chi connectivity index (χ2n) is 6.31. The molecule has 1 fully saturated rings. The smallest absolute Gasteiger partial charge is 0.131 e. The summed E-state index contributed by atoms with van der Waals surface area (Å²) in [6, 6.07) is 11.2. The fourth-order valence-corrected chi connectivity index (χ4v) is 3.68. The molecule has 2 N–H and O–H groups in total. The number of rotatable bonds is 6. The average molecular weight is 401 g/mol. The van der Waals surface area contributed by atoms with E-state index in [1.807, 2.05) is 11.8 Å². The Balaban J connectivity index is 0.00000156. The van der Waals surface area contributed by atoms with Crippen molar-refractivity contribution in [3.63, 3.8) is 0 Å². The van der Waals surface area contributed by atoms with Crippen molar-refractivity contribution in [3.05, 3.63) is 47.9 Å². The van der Waals surface area contributed by atoms with Crippen LogP contribution in [-0.4, -0.2) is 35.4 Å². The van der Waals surface area contributed by atoms with Crippen molar-refractivity contribution in [2.24, 2.45) is 5.73 Å². The number of benzene rings is 1. The highest BCUT2D eigenvalue weighted by molar-refractivity contribution is 7.99. The molecule has 2 aromatic rings. The summed E-state index contributed by atoms with van der Waals surface area (Å²) in [4.78, 5) is 12.3. The summed E-state index contributed by atoms with van der Waals surface area (Å²) < 4.78 is 0.